The summed E-state index contributed by atoms with van der Waals surface area (Å²) in [5.74, 6) is 2.91. The summed E-state index contributed by atoms with van der Waals surface area (Å²) < 4.78 is 0. The Balaban J connectivity index is 1.69. The van der Waals surface area contributed by atoms with Gasteiger partial charge in [-0.05, 0) is 75.5 Å². The molecule has 0 spiro atoms. The predicted molar refractivity (Wildman–Crippen MR) is 113 cm³/mol. The van der Waals surface area contributed by atoms with E-state index in [0.29, 0.717) is 0 Å². The van der Waals surface area contributed by atoms with Crippen molar-refractivity contribution in [2.24, 2.45) is 23.2 Å². The zero-order valence-electron chi connectivity index (χ0n) is 17.6. The van der Waals surface area contributed by atoms with Gasteiger partial charge in [0.15, 0.2) is 0 Å². The molecule has 0 heterocycles. The van der Waals surface area contributed by atoms with Crippen LogP contribution in [0.1, 0.15) is 117 Å². The van der Waals surface area contributed by atoms with Gasteiger partial charge in [0.2, 0.25) is 0 Å². The lowest BCUT2D eigenvalue weighted by Crippen LogP contribution is -2.31. The highest BCUT2D eigenvalue weighted by Gasteiger charge is 2.38. The van der Waals surface area contributed by atoms with E-state index in [-0.39, 0.29) is 5.41 Å². The number of hydrogen-bond acceptors (Lipinski definition) is 1. The van der Waals surface area contributed by atoms with Crippen LogP contribution in [0.2, 0.25) is 0 Å². The molecule has 2 rings (SSSR count). The van der Waals surface area contributed by atoms with Gasteiger partial charge >= 0.3 is 0 Å². The zero-order valence-corrected chi connectivity index (χ0v) is 17.6. The van der Waals surface area contributed by atoms with Gasteiger partial charge in [-0.15, -0.1) is 0 Å². The molecule has 2 aliphatic rings. The Morgan fingerprint density at radius 2 is 1.50 bits per heavy atom. The van der Waals surface area contributed by atoms with Crippen molar-refractivity contribution in [1.82, 2.24) is 0 Å². The van der Waals surface area contributed by atoms with Crippen LogP contribution in [-0.4, -0.2) is 0 Å². The maximum atomic E-state index is 9.80. The van der Waals surface area contributed by atoms with Crippen LogP contribution in [0.15, 0.2) is 12.2 Å². The van der Waals surface area contributed by atoms with Gasteiger partial charge in [0.25, 0.3) is 0 Å². The average Bonchev–Trinajstić information content (AvgIpc) is 2.69. The van der Waals surface area contributed by atoms with Crippen molar-refractivity contribution in [3.63, 3.8) is 0 Å². The molecule has 0 atom stereocenters. The molecule has 0 aliphatic heterocycles. The molecule has 2 saturated carbocycles. The molecule has 2 aliphatic carbocycles. The molecule has 0 N–H and O–H groups in total. The van der Waals surface area contributed by atoms with Crippen LogP contribution in [0, 0.1) is 34.5 Å². The Kier molecular flexibility index (Phi) is 9.80. The highest BCUT2D eigenvalue weighted by Crippen LogP contribution is 2.47. The molecule has 148 valence electrons. The van der Waals surface area contributed by atoms with Crippen molar-refractivity contribution < 1.29 is 0 Å². The Hall–Kier alpha value is -0.770. The van der Waals surface area contributed by atoms with Gasteiger partial charge in [-0.1, -0.05) is 70.9 Å². The van der Waals surface area contributed by atoms with Crippen molar-refractivity contribution in [3.05, 3.63) is 12.2 Å². The first kappa shape index (κ1) is 21.5. The van der Waals surface area contributed by atoms with Crippen LogP contribution in [0.5, 0.6) is 0 Å². The van der Waals surface area contributed by atoms with E-state index in [9.17, 15) is 5.26 Å². The lowest BCUT2D eigenvalue weighted by Gasteiger charge is -2.40. The van der Waals surface area contributed by atoms with Gasteiger partial charge in [0, 0.05) is 0 Å². The van der Waals surface area contributed by atoms with Crippen LogP contribution in [-0.2, 0) is 0 Å². The van der Waals surface area contributed by atoms with Crippen molar-refractivity contribution >= 4 is 0 Å². The molecule has 0 unspecified atom stereocenters. The Bertz CT molecular complexity index is 428. The number of unbranched alkanes of at least 4 members (excludes halogenated alkanes) is 3. The maximum Gasteiger partial charge on any atom is 0.0689 e. The SMILES string of the molecule is CCC/C=C/CCC1(C#N)CCC(C2CCC(CCCCC)CC2)CC1. The molecule has 0 aromatic heterocycles. The number of nitriles is 1. The van der Waals surface area contributed by atoms with Crippen LogP contribution in [0.4, 0.5) is 0 Å². The van der Waals surface area contributed by atoms with Crippen LogP contribution in [0.25, 0.3) is 0 Å². The zero-order chi connectivity index (χ0) is 18.7. The number of allylic oxidation sites excluding steroid dienone is 2. The fourth-order valence-corrected chi connectivity index (χ4v) is 5.48. The first-order valence-corrected chi connectivity index (χ1v) is 11.8. The molecule has 0 aromatic rings. The van der Waals surface area contributed by atoms with Crippen LogP contribution in [0.3, 0.4) is 0 Å². The van der Waals surface area contributed by atoms with Gasteiger partial charge < -0.3 is 0 Å². The van der Waals surface area contributed by atoms with Crippen LogP contribution >= 0.6 is 0 Å². The van der Waals surface area contributed by atoms with E-state index in [0.717, 1.165) is 43.4 Å². The van der Waals surface area contributed by atoms with Crippen molar-refractivity contribution in [2.75, 3.05) is 0 Å². The van der Waals surface area contributed by atoms with Crippen molar-refractivity contribution in [1.29, 1.82) is 5.26 Å². The van der Waals surface area contributed by atoms with Gasteiger partial charge in [-0.2, -0.15) is 5.26 Å². The highest BCUT2D eigenvalue weighted by molar-refractivity contribution is 5.03. The molecule has 2 fully saturated rings. The smallest absolute Gasteiger partial charge is 0.0689 e. The van der Waals surface area contributed by atoms with Crippen molar-refractivity contribution in [2.45, 2.75) is 117 Å². The molecule has 0 bridgehead atoms. The summed E-state index contributed by atoms with van der Waals surface area (Å²) >= 11 is 0. The average molecular weight is 358 g/mol. The summed E-state index contributed by atoms with van der Waals surface area (Å²) in [5.41, 5.74) is -0.00951. The topological polar surface area (TPSA) is 23.8 Å². The van der Waals surface area contributed by atoms with E-state index in [4.69, 9.17) is 0 Å². The largest absolute Gasteiger partial charge is 0.198 e. The van der Waals surface area contributed by atoms with E-state index in [1.54, 1.807) is 0 Å². The van der Waals surface area contributed by atoms with Crippen LogP contribution < -0.4 is 0 Å². The maximum absolute atomic E-state index is 9.80. The summed E-state index contributed by atoms with van der Waals surface area (Å²) in [7, 11) is 0. The lowest BCUT2D eigenvalue weighted by molar-refractivity contribution is 0.116. The Morgan fingerprint density at radius 1 is 0.846 bits per heavy atom. The second-order valence-corrected chi connectivity index (χ2v) is 9.30. The quantitative estimate of drug-likeness (QED) is 0.285. The minimum Gasteiger partial charge on any atom is -0.198 e. The third-order valence-corrected chi connectivity index (χ3v) is 7.41. The second kappa shape index (κ2) is 11.8. The molecule has 0 amide bonds. The molecule has 0 saturated heterocycles. The van der Waals surface area contributed by atoms with E-state index >= 15 is 0 Å². The standard InChI is InChI=1S/C25H43N/c1-3-5-7-8-10-18-25(21-26)19-16-24(17-20-25)23-14-12-22(13-15-23)11-9-6-4-2/h7-8,22-24H,3-6,9-20H2,1-2H3/b8-7+. The van der Waals surface area contributed by atoms with E-state index < -0.39 is 0 Å². The molecule has 1 heteroatoms. The summed E-state index contributed by atoms with van der Waals surface area (Å²) in [6.45, 7) is 4.53. The molecule has 0 aromatic carbocycles. The molecular weight excluding hydrogens is 314 g/mol. The third kappa shape index (κ3) is 6.75. The Labute approximate surface area is 163 Å². The predicted octanol–water partition coefficient (Wildman–Crippen LogP) is 8.21. The number of nitrogens with zero attached hydrogens (tertiary/aromatic N) is 1. The summed E-state index contributed by atoms with van der Waals surface area (Å²) in [6.07, 6.45) is 25.8. The summed E-state index contributed by atoms with van der Waals surface area (Å²) in [6, 6.07) is 2.73. The van der Waals surface area contributed by atoms with Crippen molar-refractivity contribution in [3.8, 4) is 6.07 Å². The fraction of sp³-hybridized carbons (Fsp3) is 0.880. The number of rotatable bonds is 10. The molecule has 26 heavy (non-hydrogen) atoms. The highest BCUT2D eigenvalue weighted by atomic mass is 14.4. The lowest BCUT2D eigenvalue weighted by atomic mass is 9.63. The van der Waals surface area contributed by atoms with E-state index in [1.165, 1.54) is 77.0 Å². The van der Waals surface area contributed by atoms with E-state index in [2.05, 4.69) is 32.1 Å². The monoisotopic (exact) mass is 357 g/mol. The minimum absolute atomic E-state index is 0.00951. The second-order valence-electron chi connectivity index (χ2n) is 9.30. The molecule has 0 radical (unpaired) electrons. The van der Waals surface area contributed by atoms with Gasteiger partial charge in [-0.25, -0.2) is 0 Å². The van der Waals surface area contributed by atoms with Gasteiger partial charge in [-0.3, -0.25) is 0 Å². The molecular formula is C25H43N. The third-order valence-electron chi connectivity index (χ3n) is 7.41. The first-order chi connectivity index (χ1) is 12.7. The molecule has 1 nitrogen and oxygen atoms in total. The van der Waals surface area contributed by atoms with E-state index in [1.807, 2.05) is 0 Å². The number of hydrogen-bond donors (Lipinski definition) is 0. The first-order valence-electron chi connectivity index (χ1n) is 11.8. The Morgan fingerprint density at radius 3 is 2.12 bits per heavy atom. The van der Waals surface area contributed by atoms with Gasteiger partial charge in [0.1, 0.15) is 0 Å². The summed E-state index contributed by atoms with van der Waals surface area (Å²) in [5, 5.41) is 9.80. The normalized spacial score (nSPS) is 32.6. The fourth-order valence-electron chi connectivity index (χ4n) is 5.48. The minimum atomic E-state index is -0.00951. The summed E-state index contributed by atoms with van der Waals surface area (Å²) in [4.78, 5) is 0. The van der Waals surface area contributed by atoms with Gasteiger partial charge in [0.05, 0.1) is 11.5 Å².